The number of aromatic nitrogens is 2. The second kappa shape index (κ2) is 13.7. The molecule has 3 N–H and O–H groups in total. The van der Waals surface area contributed by atoms with Crippen molar-refractivity contribution < 1.29 is 20.1 Å². The van der Waals surface area contributed by atoms with Crippen LogP contribution in [-0.4, -0.2) is 48.8 Å². The van der Waals surface area contributed by atoms with Crippen LogP contribution in [-0.2, 0) is 6.54 Å². The van der Waals surface area contributed by atoms with Crippen molar-refractivity contribution in [3.63, 3.8) is 0 Å². The molecule has 1 aromatic carbocycles. The first kappa shape index (κ1) is 32.2. The average Bonchev–Trinajstić information content (AvgIpc) is 3.72. The molecule has 8 heteroatoms. The van der Waals surface area contributed by atoms with E-state index in [2.05, 4.69) is 53.7 Å². The Morgan fingerprint density at radius 2 is 1.77 bits per heavy atom. The number of allylic oxidation sites excluding steroid dienone is 2. The van der Waals surface area contributed by atoms with Crippen LogP contribution in [0.3, 0.4) is 0 Å². The highest BCUT2D eigenvalue weighted by molar-refractivity contribution is 7.21. The Morgan fingerprint density at radius 1 is 0.979 bits per heavy atom. The maximum atomic E-state index is 12.2. The molecule has 2 fully saturated rings. The molecule has 0 radical (unpaired) electrons. The van der Waals surface area contributed by atoms with Crippen molar-refractivity contribution >= 4 is 49.7 Å². The number of aromatic carboxylic acids is 1. The molecule has 2 saturated carbocycles. The molecule has 248 valence electrons. The van der Waals surface area contributed by atoms with Gasteiger partial charge in [-0.2, -0.15) is 0 Å². The van der Waals surface area contributed by atoms with Crippen LogP contribution in [0.1, 0.15) is 124 Å². The van der Waals surface area contributed by atoms with Gasteiger partial charge in [-0.05, 0) is 99.6 Å². The SMILES string of the molecule is CC1=NC(C)=C(c2ccc3cc(-c4c(C5CCCCC5)c5sc(C(=O)O)cc5n4CC(O)CC4CCCCC(O)CC4)ccc3n2)C1. The second-order valence-electron chi connectivity index (χ2n) is 14.3. The Labute approximate surface area is 281 Å². The first-order valence-electron chi connectivity index (χ1n) is 17.7. The molecular weight excluding hydrogens is 607 g/mol. The van der Waals surface area contributed by atoms with Crippen molar-refractivity contribution in [1.29, 1.82) is 0 Å². The van der Waals surface area contributed by atoms with E-state index in [-0.39, 0.29) is 6.10 Å². The van der Waals surface area contributed by atoms with Gasteiger partial charge in [0, 0.05) is 35.3 Å². The zero-order valence-electron chi connectivity index (χ0n) is 27.7. The quantitative estimate of drug-likeness (QED) is 0.176. The number of hydrogen-bond donors (Lipinski definition) is 3. The molecule has 3 atom stereocenters. The Balaban J connectivity index is 1.31. The highest BCUT2D eigenvalue weighted by Gasteiger charge is 2.30. The molecule has 1 aliphatic heterocycles. The summed E-state index contributed by atoms with van der Waals surface area (Å²) in [6.07, 6.45) is 12.3. The topological polar surface area (TPSA) is 108 Å². The number of hydrogen-bond acceptors (Lipinski definition) is 6. The number of carboxylic acids is 1. The highest BCUT2D eigenvalue weighted by atomic mass is 32.1. The van der Waals surface area contributed by atoms with Gasteiger partial charge in [-0.15, -0.1) is 11.3 Å². The second-order valence-corrected chi connectivity index (χ2v) is 15.4. The number of benzene rings is 1. The first-order chi connectivity index (χ1) is 22.7. The fraction of sp³-hybridized carbons (Fsp3) is 0.513. The molecule has 4 aromatic rings. The van der Waals surface area contributed by atoms with Crippen LogP contribution in [0.4, 0.5) is 0 Å². The number of pyridine rings is 1. The van der Waals surface area contributed by atoms with Crippen molar-refractivity contribution in [1.82, 2.24) is 9.55 Å². The van der Waals surface area contributed by atoms with E-state index in [0.29, 0.717) is 29.7 Å². The van der Waals surface area contributed by atoms with E-state index >= 15 is 0 Å². The van der Waals surface area contributed by atoms with Gasteiger partial charge in [-0.25, -0.2) is 9.78 Å². The third-order valence-corrected chi connectivity index (χ3v) is 11.9. The van der Waals surface area contributed by atoms with Crippen LogP contribution in [0.25, 0.3) is 38.0 Å². The maximum Gasteiger partial charge on any atom is 0.345 e. The molecule has 3 unspecified atom stereocenters. The summed E-state index contributed by atoms with van der Waals surface area (Å²) in [5.74, 6) is -0.176. The molecule has 47 heavy (non-hydrogen) atoms. The van der Waals surface area contributed by atoms with Gasteiger partial charge in [0.25, 0.3) is 0 Å². The van der Waals surface area contributed by atoms with Crippen molar-refractivity contribution in [3.8, 4) is 11.3 Å². The van der Waals surface area contributed by atoms with Gasteiger partial charge in [0.2, 0.25) is 0 Å². The normalized spacial score (nSPS) is 22.1. The standard InChI is InChI=1S/C39H47N3O4S/c1-23-18-31(24(2)40-23)33-17-13-27-20-28(14-16-32(27)41-33)37-36(26-9-4-3-5-10-26)38-34(21-35(47-38)39(45)46)42(37)22-30(44)19-25-8-6-7-11-29(43)15-12-25/h13-14,16-17,20-21,25-26,29-30,43-44H,3-12,15,18-19,22H2,1-2H3,(H,45,46). The van der Waals surface area contributed by atoms with Gasteiger partial charge >= 0.3 is 5.97 Å². The number of aliphatic hydroxyl groups excluding tert-OH is 2. The number of aliphatic imine (C=N–C) groups is 1. The molecule has 3 aromatic heterocycles. The minimum atomic E-state index is -0.900. The average molecular weight is 654 g/mol. The summed E-state index contributed by atoms with van der Waals surface area (Å²) in [5.41, 5.74) is 9.63. The van der Waals surface area contributed by atoms with Gasteiger partial charge in [0.1, 0.15) is 4.88 Å². The zero-order valence-corrected chi connectivity index (χ0v) is 28.5. The lowest BCUT2D eigenvalue weighted by atomic mass is 9.83. The molecule has 0 saturated heterocycles. The van der Waals surface area contributed by atoms with Crippen LogP contribution in [0.15, 0.2) is 47.1 Å². The van der Waals surface area contributed by atoms with E-state index in [9.17, 15) is 20.1 Å². The number of carbonyl (C=O) groups is 1. The van der Waals surface area contributed by atoms with Crippen LogP contribution < -0.4 is 0 Å². The number of fused-ring (bicyclic) bond motifs is 2. The highest BCUT2D eigenvalue weighted by Crippen LogP contribution is 2.47. The predicted molar refractivity (Wildman–Crippen MR) is 191 cm³/mol. The smallest absolute Gasteiger partial charge is 0.345 e. The Kier molecular flexibility index (Phi) is 9.36. The van der Waals surface area contributed by atoms with E-state index in [1.54, 1.807) is 0 Å². The lowest BCUT2D eigenvalue weighted by Crippen LogP contribution is -2.22. The van der Waals surface area contributed by atoms with Gasteiger partial charge in [-0.1, -0.05) is 50.7 Å². The minimum Gasteiger partial charge on any atom is -0.477 e. The number of rotatable bonds is 8. The maximum absolute atomic E-state index is 12.2. The van der Waals surface area contributed by atoms with E-state index in [0.717, 1.165) is 107 Å². The minimum absolute atomic E-state index is 0.237. The third-order valence-electron chi connectivity index (χ3n) is 10.8. The summed E-state index contributed by atoms with van der Waals surface area (Å²) in [6.45, 7) is 4.53. The van der Waals surface area contributed by atoms with Gasteiger partial charge < -0.3 is 19.9 Å². The molecule has 7 rings (SSSR count). The Morgan fingerprint density at radius 3 is 2.53 bits per heavy atom. The summed E-state index contributed by atoms with van der Waals surface area (Å²) in [7, 11) is 0. The van der Waals surface area contributed by atoms with E-state index < -0.39 is 12.1 Å². The van der Waals surface area contributed by atoms with Gasteiger partial charge in [0.15, 0.2) is 0 Å². The van der Waals surface area contributed by atoms with Gasteiger partial charge in [-0.3, -0.25) is 4.99 Å². The number of thiophene rings is 1. The number of aliphatic hydroxyl groups is 2. The third kappa shape index (κ3) is 6.70. The molecule has 3 aliphatic rings. The summed E-state index contributed by atoms with van der Waals surface area (Å²) >= 11 is 1.39. The molecule has 2 aliphatic carbocycles. The predicted octanol–water partition coefficient (Wildman–Crippen LogP) is 9.34. The molecule has 0 bridgehead atoms. The summed E-state index contributed by atoms with van der Waals surface area (Å²) in [4.78, 5) is 22.2. The van der Waals surface area contributed by atoms with E-state index in [1.165, 1.54) is 41.7 Å². The summed E-state index contributed by atoms with van der Waals surface area (Å²) in [5, 5.41) is 33.1. The van der Waals surface area contributed by atoms with Crippen molar-refractivity contribution in [2.24, 2.45) is 10.9 Å². The molecule has 4 heterocycles. The fourth-order valence-corrected chi connectivity index (χ4v) is 9.58. The number of carboxylic acid groups (broad SMARTS) is 1. The molecule has 0 amide bonds. The Bertz CT molecular complexity index is 1860. The Hall–Kier alpha value is -3.33. The van der Waals surface area contributed by atoms with Crippen molar-refractivity contribution in [3.05, 3.63) is 58.2 Å². The van der Waals surface area contributed by atoms with Crippen molar-refractivity contribution in [2.45, 2.75) is 122 Å². The molecule has 7 nitrogen and oxygen atoms in total. The lowest BCUT2D eigenvalue weighted by Gasteiger charge is -2.26. The van der Waals surface area contributed by atoms with E-state index in [1.807, 2.05) is 6.07 Å². The van der Waals surface area contributed by atoms with Crippen LogP contribution in [0, 0.1) is 5.92 Å². The molecular formula is C39H47N3O4S. The zero-order chi connectivity index (χ0) is 32.7. The van der Waals surface area contributed by atoms with Crippen LogP contribution >= 0.6 is 11.3 Å². The van der Waals surface area contributed by atoms with Gasteiger partial charge in [0.05, 0.1) is 39.3 Å². The lowest BCUT2D eigenvalue weighted by molar-refractivity contribution is 0.0702. The summed E-state index contributed by atoms with van der Waals surface area (Å²) < 4.78 is 3.29. The first-order valence-corrected chi connectivity index (χ1v) is 18.5. The fourth-order valence-electron chi connectivity index (χ4n) is 8.45. The van der Waals surface area contributed by atoms with E-state index in [4.69, 9.17) is 4.98 Å². The van der Waals surface area contributed by atoms with Crippen LogP contribution in [0.5, 0.6) is 0 Å². The largest absolute Gasteiger partial charge is 0.477 e. The molecule has 0 spiro atoms. The monoisotopic (exact) mass is 653 g/mol. The number of nitrogens with zero attached hydrogens (tertiary/aromatic N) is 3. The summed E-state index contributed by atoms with van der Waals surface area (Å²) in [6, 6.07) is 12.6. The van der Waals surface area contributed by atoms with Crippen molar-refractivity contribution in [2.75, 3.05) is 0 Å². The van der Waals surface area contributed by atoms with Crippen LogP contribution in [0.2, 0.25) is 0 Å².